The molecule has 11 heteroatoms. The molecule has 10 nitrogen and oxygen atoms in total. The molecule has 1 aliphatic carbocycles. The standard InChI is InChI=1S/C37H36FN7O3/c1-40-12-14-44(15-16-46)20-22-5-7-24(8-6-22)31-19-28-34(42-37(39)43-35(28)41-31)27-3-2-4-32(29(27)21-47)45-13-11-25-17-26(23-9-10-23)18-30(38)33(25)36(45)48/h2-8,11,13,16-19,23,40,47H,9-10,12,14-15,20-21H2,1H3,(H3,39,41,42,43). The maximum Gasteiger partial charge on any atom is 0.265 e. The van der Waals surface area contributed by atoms with Crippen LogP contribution in [-0.4, -0.2) is 62.5 Å². The number of nitrogens with one attached hydrogen (secondary N) is 2. The third-order valence-corrected chi connectivity index (χ3v) is 9.04. The average Bonchev–Trinajstić information content (AvgIpc) is 3.86. The minimum absolute atomic E-state index is 0.0144. The van der Waals surface area contributed by atoms with Crippen LogP contribution in [0.25, 0.3) is 50.0 Å². The Morgan fingerprint density at radius 3 is 2.67 bits per heavy atom. The number of H-pyrrole nitrogens is 1. The van der Waals surface area contributed by atoms with E-state index in [0.29, 0.717) is 57.9 Å². The van der Waals surface area contributed by atoms with Crippen LogP contribution >= 0.6 is 0 Å². The molecule has 0 radical (unpaired) electrons. The highest BCUT2D eigenvalue weighted by Crippen LogP contribution is 2.41. The lowest BCUT2D eigenvalue weighted by Crippen LogP contribution is -2.31. The van der Waals surface area contributed by atoms with Crippen LogP contribution in [-0.2, 0) is 17.9 Å². The highest BCUT2D eigenvalue weighted by Gasteiger charge is 2.26. The van der Waals surface area contributed by atoms with E-state index in [4.69, 9.17) is 5.73 Å². The summed E-state index contributed by atoms with van der Waals surface area (Å²) in [5, 5.41) is 15.1. The topological polar surface area (TPSA) is 142 Å². The van der Waals surface area contributed by atoms with Crippen molar-refractivity contribution in [3.05, 3.63) is 106 Å². The number of halogens is 1. The number of aromatic amines is 1. The Morgan fingerprint density at radius 2 is 1.94 bits per heavy atom. The SMILES string of the molecule is CNCCN(CC=O)Cc1ccc(-c2cc3c(-c4cccc(-n5ccc6cc(C7CC7)cc(F)c6c5=O)c4CO)nc(N)nc3[nH]2)cc1. The van der Waals surface area contributed by atoms with Gasteiger partial charge in [-0.2, -0.15) is 4.98 Å². The number of carbonyl (C=O) groups excluding carboxylic acids is 1. The van der Waals surface area contributed by atoms with Crippen molar-refractivity contribution < 1.29 is 14.3 Å². The molecule has 0 spiro atoms. The Kier molecular flexibility index (Phi) is 8.57. The fourth-order valence-electron chi connectivity index (χ4n) is 6.43. The van der Waals surface area contributed by atoms with Crippen molar-refractivity contribution in [3.8, 4) is 28.2 Å². The van der Waals surface area contributed by atoms with Crippen LogP contribution in [0.4, 0.5) is 10.3 Å². The Labute approximate surface area is 276 Å². The minimum Gasteiger partial charge on any atom is -0.392 e. The number of nitrogen functional groups attached to an aromatic ring is 1. The summed E-state index contributed by atoms with van der Waals surface area (Å²) in [6.45, 7) is 2.14. The van der Waals surface area contributed by atoms with Gasteiger partial charge in [-0.25, -0.2) is 9.37 Å². The molecule has 48 heavy (non-hydrogen) atoms. The second-order valence-corrected chi connectivity index (χ2v) is 12.3. The number of carbonyl (C=O) groups is 1. The van der Waals surface area contributed by atoms with E-state index in [9.17, 15) is 14.7 Å². The van der Waals surface area contributed by atoms with Gasteiger partial charge >= 0.3 is 0 Å². The number of aliphatic hydroxyl groups is 1. The number of rotatable bonds is 12. The number of hydrogen-bond acceptors (Lipinski definition) is 8. The zero-order valence-corrected chi connectivity index (χ0v) is 26.5. The van der Waals surface area contributed by atoms with Crippen molar-refractivity contribution in [2.24, 2.45) is 0 Å². The van der Waals surface area contributed by atoms with Crippen LogP contribution in [0.5, 0.6) is 0 Å². The zero-order chi connectivity index (χ0) is 33.4. The Morgan fingerprint density at radius 1 is 1.12 bits per heavy atom. The molecule has 1 aliphatic rings. The number of likely N-dealkylation sites (N-methyl/N-ethyl adjacent to an activating group) is 1. The molecule has 6 aromatic rings. The number of pyridine rings is 1. The molecule has 3 aromatic heterocycles. The molecule has 3 heterocycles. The molecule has 0 saturated heterocycles. The lowest BCUT2D eigenvalue weighted by Gasteiger charge is -2.19. The molecule has 5 N–H and O–H groups in total. The predicted octanol–water partition coefficient (Wildman–Crippen LogP) is 4.91. The summed E-state index contributed by atoms with van der Waals surface area (Å²) in [5.41, 5.74) is 11.8. The fourth-order valence-corrected chi connectivity index (χ4v) is 6.43. The Hall–Kier alpha value is -5.23. The van der Waals surface area contributed by atoms with Crippen molar-refractivity contribution in [1.29, 1.82) is 0 Å². The maximum absolute atomic E-state index is 15.3. The van der Waals surface area contributed by atoms with E-state index in [0.717, 1.165) is 54.6 Å². The van der Waals surface area contributed by atoms with Crippen molar-refractivity contribution in [3.63, 3.8) is 0 Å². The summed E-state index contributed by atoms with van der Waals surface area (Å²) in [6.07, 6.45) is 4.61. The number of nitrogens with zero attached hydrogens (tertiary/aromatic N) is 4. The van der Waals surface area contributed by atoms with Crippen LogP contribution in [0, 0.1) is 5.82 Å². The molecular weight excluding hydrogens is 609 g/mol. The van der Waals surface area contributed by atoms with Crippen molar-refractivity contribution in [2.75, 3.05) is 32.4 Å². The van der Waals surface area contributed by atoms with Crippen molar-refractivity contribution in [1.82, 2.24) is 29.7 Å². The number of fused-ring (bicyclic) bond motifs is 2. The van der Waals surface area contributed by atoms with Gasteiger partial charge < -0.3 is 25.9 Å². The molecule has 1 saturated carbocycles. The quantitative estimate of drug-likeness (QED) is 0.138. The number of aliphatic hydroxyl groups excluding tert-OH is 1. The minimum atomic E-state index is -0.541. The summed E-state index contributed by atoms with van der Waals surface area (Å²) < 4.78 is 16.7. The van der Waals surface area contributed by atoms with Crippen LogP contribution in [0.15, 0.2) is 77.7 Å². The first-order chi connectivity index (χ1) is 23.4. The average molecular weight is 646 g/mol. The van der Waals surface area contributed by atoms with Gasteiger partial charge in [0.2, 0.25) is 5.95 Å². The third kappa shape index (κ3) is 5.99. The molecule has 3 aromatic carbocycles. The lowest BCUT2D eigenvalue weighted by molar-refractivity contribution is -0.109. The summed E-state index contributed by atoms with van der Waals surface area (Å²) in [7, 11) is 1.89. The molecule has 7 rings (SSSR count). The van der Waals surface area contributed by atoms with Gasteiger partial charge in [0, 0.05) is 48.0 Å². The van der Waals surface area contributed by atoms with Gasteiger partial charge in [-0.05, 0) is 72.1 Å². The second-order valence-electron chi connectivity index (χ2n) is 12.3. The number of hydrogen-bond donors (Lipinski definition) is 4. The third-order valence-electron chi connectivity index (χ3n) is 9.04. The Bertz CT molecular complexity index is 2210. The number of benzene rings is 3. The normalized spacial score (nSPS) is 13.2. The summed E-state index contributed by atoms with van der Waals surface area (Å²) in [5.74, 6) is -0.141. The van der Waals surface area contributed by atoms with E-state index in [-0.39, 0.29) is 11.3 Å². The molecule has 0 aliphatic heterocycles. The van der Waals surface area contributed by atoms with Gasteiger partial charge in [0.05, 0.1) is 29.9 Å². The second kappa shape index (κ2) is 13.1. The van der Waals surface area contributed by atoms with Gasteiger partial charge in [-0.1, -0.05) is 42.5 Å². The zero-order valence-electron chi connectivity index (χ0n) is 26.5. The van der Waals surface area contributed by atoms with Crippen molar-refractivity contribution >= 4 is 34.0 Å². The fraction of sp³-hybridized carbons (Fsp3) is 0.243. The first-order valence-corrected chi connectivity index (χ1v) is 16.0. The van der Waals surface area contributed by atoms with E-state index in [1.807, 2.05) is 49.5 Å². The van der Waals surface area contributed by atoms with Crippen LogP contribution < -0.4 is 16.6 Å². The number of aldehydes is 1. The van der Waals surface area contributed by atoms with E-state index >= 15 is 4.39 Å². The van der Waals surface area contributed by atoms with Gasteiger partial charge in [-0.3, -0.25) is 14.3 Å². The molecule has 0 atom stereocenters. The van der Waals surface area contributed by atoms with Crippen LogP contribution in [0.1, 0.15) is 35.4 Å². The van der Waals surface area contributed by atoms with Crippen LogP contribution in [0.3, 0.4) is 0 Å². The van der Waals surface area contributed by atoms with Gasteiger partial charge in [-0.15, -0.1) is 0 Å². The maximum atomic E-state index is 15.3. The van der Waals surface area contributed by atoms with Crippen molar-refractivity contribution in [2.45, 2.75) is 31.9 Å². The molecular formula is C37H36FN7O3. The number of aromatic nitrogens is 4. The van der Waals surface area contributed by atoms with Crippen LogP contribution in [0.2, 0.25) is 0 Å². The predicted molar refractivity (Wildman–Crippen MR) is 185 cm³/mol. The van der Waals surface area contributed by atoms with E-state index in [1.54, 1.807) is 24.4 Å². The summed E-state index contributed by atoms with van der Waals surface area (Å²) in [4.78, 5) is 39.3. The summed E-state index contributed by atoms with van der Waals surface area (Å²) in [6, 6.07) is 20.4. The molecule has 0 amide bonds. The largest absolute Gasteiger partial charge is 0.392 e. The van der Waals surface area contributed by atoms with E-state index < -0.39 is 18.0 Å². The number of nitrogens with two attached hydrogens (primary N) is 1. The smallest absolute Gasteiger partial charge is 0.265 e. The molecule has 244 valence electrons. The monoisotopic (exact) mass is 645 g/mol. The molecule has 0 unspecified atom stereocenters. The van der Waals surface area contributed by atoms with E-state index in [2.05, 4.69) is 25.2 Å². The first-order valence-electron chi connectivity index (χ1n) is 16.0. The number of anilines is 1. The van der Waals surface area contributed by atoms with Gasteiger partial charge in [0.15, 0.2) is 0 Å². The lowest BCUT2D eigenvalue weighted by atomic mass is 9.99. The Balaban J connectivity index is 1.26. The van der Waals surface area contributed by atoms with Gasteiger partial charge in [0.25, 0.3) is 5.56 Å². The molecule has 0 bridgehead atoms. The summed E-state index contributed by atoms with van der Waals surface area (Å²) >= 11 is 0. The highest BCUT2D eigenvalue weighted by atomic mass is 19.1. The van der Waals surface area contributed by atoms with E-state index in [1.165, 1.54) is 10.6 Å². The highest BCUT2D eigenvalue weighted by molar-refractivity contribution is 5.96. The van der Waals surface area contributed by atoms with Gasteiger partial charge in [0.1, 0.15) is 17.8 Å². The molecule has 1 fully saturated rings. The first kappa shape index (κ1) is 31.4.